The van der Waals surface area contributed by atoms with Gasteiger partial charge in [-0.25, -0.2) is 4.68 Å². The van der Waals surface area contributed by atoms with Crippen molar-refractivity contribution in [2.75, 3.05) is 13.2 Å². The van der Waals surface area contributed by atoms with Crippen LogP contribution < -0.4 is 19.6 Å². The van der Waals surface area contributed by atoms with Gasteiger partial charge in [-0.3, -0.25) is 4.79 Å². The zero-order valence-electron chi connectivity index (χ0n) is 23.8. The van der Waals surface area contributed by atoms with Gasteiger partial charge in [-0.1, -0.05) is 43.4 Å². The Bertz CT molecular complexity index is 1940. The Kier molecular flexibility index (Phi) is 7.83. The maximum atomic E-state index is 13.4. The van der Waals surface area contributed by atoms with E-state index in [-0.39, 0.29) is 5.56 Å². The molecule has 0 spiro atoms. The first-order valence-corrected chi connectivity index (χ1v) is 14.9. The standard InChI is InChI=1S/C33H31N5O3S/c1-4-17-40-27-14-11-23(12-15-27)31-34-33-38(36-31)32(39)29(42-33)20-25-21-37(26-9-7-6-8-10-26)35-30(25)24-13-16-28(22(3)19-24)41-18-5-2/h6-16,19-21H,4-5,17-18H2,1-3H3/b29-20-. The first-order chi connectivity index (χ1) is 20.5. The summed E-state index contributed by atoms with van der Waals surface area (Å²) in [4.78, 5) is 18.6. The summed E-state index contributed by atoms with van der Waals surface area (Å²) in [5.74, 6) is 2.17. The lowest BCUT2D eigenvalue weighted by atomic mass is 10.0. The van der Waals surface area contributed by atoms with Crippen LogP contribution in [0.5, 0.6) is 11.5 Å². The van der Waals surface area contributed by atoms with Crippen molar-refractivity contribution in [1.29, 1.82) is 0 Å². The first-order valence-electron chi connectivity index (χ1n) is 14.1. The molecule has 0 saturated heterocycles. The van der Waals surface area contributed by atoms with Crippen LogP contribution in [0.2, 0.25) is 0 Å². The van der Waals surface area contributed by atoms with Gasteiger partial charge < -0.3 is 9.47 Å². The number of fused-ring (bicyclic) bond motifs is 1. The van der Waals surface area contributed by atoms with E-state index in [4.69, 9.17) is 14.6 Å². The smallest absolute Gasteiger partial charge is 0.291 e. The van der Waals surface area contributed by atoms with Crippen molar-refractivity contribution in [1.82, 2.24) is 24.4 Å². The lowest BCUT2D eigenvalue weighted by Crippen LogP contribution is -2.23. The Hall–Kier alpha value is -4.76. The molecule has 212 valence electrons. The molecule has 0 amide bonds. The number of aryl methyl sites for hydroxylation is 1. The number of rotatable bonds is 10. The maximum absolute atomic E-state index is 13.4. The third-order valence-electron chi connectivity index (χ3n) is 6.73. The number of aromatic nitrogens is 5. The predicted octanol–water partition coefficient (Wildman–Crippen LogP) is 6.10. The maximum Gasteiger partial charge on any atom is 0.291 e. The fourth-order valence-electron chi connectivity index (χ4n) is 4.62. The lowest BCUT2D eigenvalue weighted by Gasteiger charge is -2.09. The van der Waals surface area contributed by atoms with Crippen LogP contribution >= 0.6 is 11.3 Å². The molecule has 42 heavy (non-hydrogen) atoms. The molecule has 0 radical (unpaired) electrons. The van der Waals surface area contributed by atoms with E-state index in [1.807, 2.05) is 90.6 Å². The summed E-state index contributed by atoms with van der Waals surface area (Å²) in [6.07, 6.45) is 5.72. The van der Waals surface area contributed by atoms with Crippen LogP contribution in [0.1, 0.15) is 37.8 Å². The fraction of sp³-hybridized carbons (Fsp3) is 0.212. The minimum Gasteiger partial charge on any atom is -0.494 e. The monoisotopic (exact) mass is 577 g/mol. The molecule has 3 aromatic heterocycles. The zero-order chi connectivity index (χ0) is 29.1. The normalized spacial score (nSPS) is 11.8. The molecule has 9 heteroatoms. The molecule has 0 bridgehead atoms. The summed E-state index contributed by atoms with van der Waals surface area (Å²) in [5, 5.41) is 9.45. The van der Waals surface area contributed by atoms with Gasteiger partial charge in [0.1, 0.15) is 17.2 Å². The molecule has 0 aliphatic heterocycles. The second-order valence-corrected chi connectivity index (χ2v) is 11.0. The summed E-state index contributed by atoms with van der Waals surface area (Å²) in [7, 11) is 0. The van der Waals surface area contributed by atoms with Crippen molar-refractivity contribution < 1.29 is 9.47 Å². The Morgan fingerprint density at radius 3 is 2.33 bits per heavy atom. The van der Waals surface area contributed by atoms with E-state index < -0.39 is 0 Å². The minimum absolute atomic E-state index is 0.213. The molecular formula is C33H31N5O3S. The Labute approximate surface area is 247 Å². The molecular weight excluding hydrogens is 546 g/mol. The SMILES string of the molecule is CCCOc1ccc(-c2nc3s/c(=C\c4cn(-c5ccccc5)nc4-c4ccc(OCCC)c(C)c4)c(=O)n3n2)cc1. The van der Waals surface area contributed by atoms with Gasteiger partial charge in [-0.2, -0.15) is 14.6 Å². The number of hydrogen-bond acceptors (Lipinski definition) is 7. The van der Waals surface area contributed by atoms with Gasteiger partial charge in [-0.15, -0.1) is 5.10 Å². The lowest BCUT2D eigenvalue weighted by molar-refractivity contribution is 0.315. The highest BCUT2D eigenvalue weighted by Gasteiger charge is 2.16. The second-order valence-electron chi connectivity index (χ2n) is 9.96. The molecule has 0 saturated carbocycles. The van der Waals surface area contributed by atoms with Crippen LogP contribution in [0.15, 0.2) is 83.8 Å². The third-order valence-corrected chi connectivity index (χ3v) is 7.69. The molecule has 6 aromatic rings. The molecule has 0 unspecified atom stereocenters. The van der Waals surface area contributed by atoms with Gasteiger partial charge in [0.15, 0.2) is 5.82 Å². The molecule has 3 heterocycles. The minimum atomic E-state index is -0.213. The molecule has 0 aliphatic carbocycles. The van der Waals surface area contributed by atoms with E-state index in [0.717, 1.165) is 58.0 Å². The van der Waals surface area contributed by atoms with E-state index in [1.54, 1.807) is 0 Å². The molecule has 0 atom stereocenters. The third kappa shape index (κ3) is 5.56. The Morgan fingerprint density at radius 1 is 0.881 bits per heavy atom. The van der Waals surface area contributed by atoms with Gasteiger partial charge in [0.25, 0.3) is 5.56 Å². The average Bonchev–Trinajstić information content (AvgIpc) is 3.71. The fourth-order valence-corrected chi connectivity index (χ4v) is 5.52. The van der Waals surface area contributed by atoms with Crippen molar-refractivity contribution in [3.05, 3.63) is 105 Å². The van der Waals surface area contributed by atoms with Gasteiger partial charge in [0.2, 0.25) is 4.96 Å². The highest BCUT2D eigenvalue weighted by Crippen LogP contribution is 2.29. The van der Waals surface area contributed by atoms with E-state index in [0.29, 0.717) is 28.5 Å². The highest BCUT2D eigenvalue weighted by atomic mass is 32.1. The Balaban J connectivity index is 1.39. The summed E-state index contributed by atoms with van der Waals surface area (Å²) in [6.45, 7) is 7.53. The number of ether oxygens (including phenoxy) is 2. The average molecular weight is 578 g/mol. The van der Waals surface area contributed by atoms with Crippen LogP contribution in [0.3, 0.4) is 0 Å². The molecule has 0 fully saturated rings. The molecule has 8 nitrogen and oxygen atoms in total. The van der Waals surface area contributed by atoms with Crippen LogP contribution in [0, 0.1) is 6.92 Å². The number of nitrogens with zero attached hydrogens (tertiary/aromatic N) is 5. The quantitative estimate of drug-likeness (QED) is 0.196. The summed E-state index contributed by atoms with van der Waals surface area (Å²) < 4.78 is 15.3. The van der Waals surface area contributed by atoms with Crippen LogP contribution in [0.25, 0.3) is 39.4 Å². The number of para-hydroxylation sites is 1. The topological polar surface area (TPSA) is 83.5 Å². The van der Waals surface area contributed by atoms with E-state index in [2.05, 4.69) is 30.0 Å². The van der Waals surface area contributed by atoms with Crippen molar-refractivity contribution in [2.45, 2.75) is 33.6 Å². The van der Waals surface area contributed by atoms with E-state index >= 15 is 0 Å². The van der Waals surface area contributed by atoms with Crippen molar-refractivity contribution >= 4 is 22.4 Å². The number of hydrogen-bond donors (Lipinski definition) is 0. The number of thiazole rings is 1. The first kappa shape index (κ1) is 27.4. The van der Waals surface area contributed by atoms with Crippen LogP contribution in [0.4, 0.5) is 0 Å². The number of benzene rings is 3. The van der Waals surface area contributed by atoms with Gasteiger partial charge in [0, 0.05) is 22.9 Å². The highest BCUT2D eigenvalue weighted by molar-refractivity contribution is 7.15. The van der Waals surface area contributed by atoms with E-state index in [9.17, 15) is 4.79 Å². The van der Waals surface area contributed by atoms with E-state index in [1.165, 1.54) is 15.9 Å². The zero-order valence-corrected chi connectivity index (χ0v) is 24.6. The molecule has 0 N–H and O–H groups in total. The Morgan fingerprint density at radius 2 is 1.62 bits per heavy atom. The second kappa shape index (κ2) is 12.0. The van der Waals surface area contributed by atoms with Crippen molar-refractivity contribution in [3.63, 3.8) is 0 Å². The van der Waals surface area contributed by atoms with Crippen LogP contribution in [-0.4, -0.2) is 37.6 Å². The summed E-state index contributed by atoms with van der Waals surface area (Å²) in [5.41, 5.74) is 5.11. The van der Waals surface area contributed by atoms with Crippen molar-refractivity contribution in [2.24, 2.45) is 0 Å². The predicted molar refractivity (Wildman–Crippen MR) is 167 cm³/mol. The molecule has 6 rings (SSSR count). The largest absolute Gasteiger partial charge is 0.494 e. The molecule has 0 aliphatic rings. The summed E-state index contributed by atoms with van der Waals surface area (Å²) >= 11 is 1.31. The van der Waals surface area contributed by atoms with Gasteiger partial charge >= 0.3 is 0 Å². The van der Waals surface area contributed by atoms with Gasteiger partial charge in [-0.05, 0) is 86.0 Å². The molecule has 3 aromatic carbocycles. The van der Waals surface area contributed by atoms with Crippen molar-refractivity contribution in [3.8, 4) is 39.8 Å². The van der Waals surface area contributed by atoms with Gasteiger partial charge in [0.05, 0.1) is 23.4 Å². The van der Waals surface area contributed by atoms with Crippen LogP contribution in [-0.2, 0) is 0 Å². The summed E-state index contributed by atoms with van der Waals surface area (Å²) in [6, 6.07) is 23.6.